The molecular weight excluding hydrogens is 1070 g/mol. The molecule has 8 unspecified atom stereocenters. The van der Waals surface area contributed by atoms with E-state index in [-0.39, 0.29) is 0 Å². The molecule has 0 aromatic rings. The van der Waals surface area contributed by atoms with Crippen LogP contribution in [-0.2, 0) is 0 Å². The summed E-state index contributed by atoms with van der Waals surface area (Å²) in [6, 6.07) is 0. The van der Waals surface area contributed by atoms with Gasteiger partial charge in [0.05, 0.1) is 0 Å². The molecule has 0 radical (unpaired) electrons. The highest BCUT2D eigenvalue weighted by Crippen LogP contribution is 2.45. The van der Waals surface area contributed by atoms with Gasteiger partial charge in [-0.3, -0.25) is 0 Å². The summed E-state index contributed by atoms with van der Waals surface area (Å²) in [6.45, 7) is 94.8. The Kier molecular flexibility index (Phi) is 59.7. The molecule has 8 atom stereocenters. The Balaban J connectivity index is -0.000000233. The summed E-state index contributed by atoms with van der Waals surface area (Å²) in [7, 11) is 0. The molecule has 0 rings (SSSR count). The Labute approximate surface area is 574 Å². The first kappa shape index (κ1) is 100. The number of hydrogen-bond donors (Lipinski definition) is 0. The molecule has 0 fully saturated rings. The third-order valence-corrected chi connectivity index (χ3v) is 24.5. The zero-order valence-electron chi connectivity index (χ0n) is 71.4. The second-order valence-corrected chi connectivity index (χ2v) is 37.8. The van der Waals surface area contributed by atoms with E-state index >= 15 is 0 Å². The van der Waals surface area contributed by atoms with E-state index in [4.69, 9.17) is 0 Å². The molecule has 0 amide bonds. The van der Waals surface area contributed by atoms with Crippen molar-refractivity contribution in [2.24, 2.45) is 121 Å². The van der Waals surface area contributed by atoms with Crippen LogP contribution in [0.15, 0.2) is 0 Å². The van der Waals surface area contributed by atoms with E-state index in [9.17, 15) is 0 Å². The lowest BCUT2D eigenvalue weighted by Gasteiger charge is -2.39. The standard InChI is InChI=1S/C18H38.2C16H34.2C14H30.C11H24/c1-9-15(10-2)17(16(11-3)12-4)13-14(5)18(6,7)8;1-8-11-15(14(9-2)10-3)12-13(4)16(5,6)7;1-8-11-16(10-3,12-9-2)13-14(4)15(5,6)7;1-8-9-13(11(2)3)10-12(4)14(5,6)7;1-7-9-13(10-8-2)11-12(3)14(4,5)6;1-6-7-8-9-10(2)11(3,4)5/h14-17H,9-13H2,1-8H3;13-15H,8-12H2,1-7H3;14H,8-13H2,1-7H3;11-13H,8-10H2,1-7H3;12-13H,7-11H2,1-6H3;10H,6-9H2,1-5H3. The molecule has 0 heterocycles. The van der Waals surface area contributed by atoms with Gasteiger partial charge < -0.3 is 0 Å². The van der Waals surface area contributed by atoms with Crippen LogP contribution in [0.4, 0.5) is 0 Å². The molecule has 0 N–H and O–H groups in total. The van der Waals surface area contributed by atoms with Crippen molar-refractivity contribution in [3.8, 4) is 0 Å². The van der Waals surface area contributed by atoms with Crippen molar-refractivity contribution < 1.29 is 0 Å². The monoisotopic (exact) mass is 1260 g/mol. The highest BCUT2D eigenvalue weighted by atomic mass is 14.4. The highest BCUT2D eigenvalue weighted by Gasteiger charge is 2.34. The lowest BCUT2D eigenvalue weighted by atomic mass is 9.66. The van der Waals surface area contributed by atoms with Crippen LogP contribution in [0, 0.1) is 121 Å². The van der Waals surface area contributed by atoms with E-state index in [0.29, 0.717) is 37.9 Å². The van der Waals surface area contributed by atoms with Crippen LogP contribution in [0.25, 0.3) is 0 Å². The maximum atomic E-state index is 2.46. The first-order valence-electron chi connectivity index (χ1n) is 40.7. The fourth-order valence-corrected chi connectivity index (χ4v) is 13.9. The van der Waals surface area contributed by atoms with Gasteiger partial charge in [0.2, 0.25) is 0 Å². The van der Waals surface area contributed by atoms with Crippen LogP contribution in [-0.4, -0.2) is 0 Å². The summed E-state index contributed by atoms with van der Waals surface area (Å²) >= 11 is 0. The van der Waals surface area contributed by atoms with Gasteiger partial charge in [-0.2, -0.15) is 0 Å². The van der Waals surface area contributed by atoms with Gasteiger partial charge in [-0.05, 0) is 166 Å². The Morgan fingerprint density at radius 1 is 0.247 bits per heavy atom. The summed E-state index contributed by atoms with van der Waals surface area (Å²) in [5.41, 5.74) is 3.47. The minimum Gasteiger partial charge on any atom is -0.0654 e. The zero-order chi connectivity index (χ0) is 71.4. The quantitative estimate of drug-likeness (QED) is 0.0544. The van der Waals surface area contributed by atoms with Crippen molar-refractivity contribution in [2.75, 3.05) is 0 Å². The normalized spacial score (nSPS) is 15.6. The van der Waals surface area contributed by atoms with Crippen LogP contribution >= 0.6 is 0 Å². The first-order valence-corrected chi connectivity index (χ1v) is 40.7. The Morgan fingerprint density at radius 2 is 0.551 bits per heavy atom. The van der Waals surface area contributed by atoms with Gasteiger partial charge in [0.25, 0.3) is 0 Å². The molecule has 0 saturated heterocycles. The van der Waals surface area contributed by atoms with Crippen molar-refractivity contribution in [2.45, 2.75) is 457 Å². The molecule has 546 valence electrons. The minimum absolute atomic E-state index is 0.455. The SMILES string of the molecule is CCC(CC)C(CC(C)C(C)(C)C)C(CC)CC.CCCC(CC(C)C(C)(C)C)C(C)C.CCCC(CC(C)C(C)(C)C)C(CC)CC.CCCC(CC)(CCC)CC(C)C(C)(C)C.CCCC(CCC)CC(C)C(C)(C)C.CCCCCC(C)C(C)(C)C. The van der Waals surface area contributed by atoms with E-state index in [0.717, 1.165) is 82.9 Å². The van der Waals surface area contributed by atoms with Crippen LogP contribution in [0.1, 0.15) is 457 Å². The third kappa shape index (κ3) is 51.0. The van der Waals surface area contributed by atoms with E-state index in [1.165, 1.54) is 180 Å². The number of rotatable bonds is 37. The largest absolute Gasteiger partial charge is 0.0654 e. The lowest BCUT2D eigenvalue weighted by Crippen LogP contribution is -2.28. The summed E-state index contributed by atoms with van der Waals surface area (Å²) in [5.74, 6) is 12.5. The van der Waals surface area contributed by atoms with E-state index < -0.39 is 0 Å². The second kappa shape index (κ2) is 53.1. The van der Waals surface area contributed by atoms with Crippen LogP contribution in [0.3, 0.4) is 0 Å². The van der Waals surface area contributed by atoms with Gasteiger partial charge in [0.1, 0.15) is 0 Å². The predicted octanol–water partition coefficient (Wildman–Crippen LogP) is 33.2. The molecule has 0 aliphatic rings. The molecule has 0 heteroatoms. The van der Waals surface area contributed by atoms with Gasteiger partial charge in [-0.1, -0.05) is 412 Å². The molecule has 0 aliphatic carbocycles. The molecule has 0 aromatic carbocycles. The predicted molar refractivity (Wildman–Crippen MR) is 422 cm³/mol. The summed E-state index contributed by atoms with van der Waals surface area (Å²) in [5, 5.41) is 0. The lowest BCUT2D eigenvalue weighted by molar-refractivity contribution is 0.117. The van der Waals surface area contributed by atoms with Gasteiger partial charge in [0.15, 0.2) is 0 Å². The van der Waals surface area contributed by atoms with Crippen molar-refractivity contribution >= 4 is 0 Å². The second-order valence-electron chi connectivity index (χ2n) is 37.8. The smallest absolute Gasteiger partial charge is 0.0298 e. The van der Waals surface area contributed by atoms with Crippen molar-refractivity contribution in [3.63, 3.8) is 0 Å². The molecule has 0 aromatic heterocycles. The molecular formula is C89H190. The fraction of sp³-hybridized carbons (Fsp3) is 1.00. The average molecular weight is 1260 g/mol. The Morgan fingerprint density at radius 3 is 0.820 bits per heavy atom. The van der Waals surface area contributed by atoms with Crippen LogP contribution < -0.4 is 0 Å². The number of hydrogen-bond acceptors (Lipinski definition) is 0. The van der Waals surface area contributed by atoms with Crippen molar-refractivity contribution in [3.05, 3.63) is 0 Å². The molecule has 0 bridgehead atoms. The third-order valence-electron chi connectivity index (χ3n) is 24.5. The molecule has 0 spiro atoms. The topological polar surface area (TPSA) is 0 Å². The number of unbranched alkanes of at least 4 members (excludes halogenated alkanes) is 2. The van der Waals surface area contributed by atoms with E-state index in [1.54, 1.807) is 0 Å². The molecule has 0 aliphatic heterocycles. The summed E-state index contributed by atoms with van der Waals surface area (Å²) < 4.78 is 0. The van der Waals surface area contributed by atoms with Gasteiger partial charge in [-0.25, -0.2) is 0 Å². The highest BCUT2D eigenvalue weighted by molar-refractivity contribution is 4.85. The maximum absolute atomic E-state index is 2.46. The van der Waals surface area contributed by atoms with Crippen molar-refractivity contribution in [1.82, 2.24) is 0 Å². The fourth-order valence-electron chi connectivity index (χ4n) is 13.9. The van der Waals surface area contributed by atoms with Crippen molar-refractivity contribution in [1.29, 1.82) is 0 Å². The van der Waals surface area contributed by atoms with Gasteiger partial charge in [0, 0.05) is 0 Å². The summed E-state index contributed by atoms with van der Waals surface area (Å²) in [6.07, 6.45) is 38.7. The minimum atomic E-state index is 0.455. The molecule has 0 nitrogen and oxygen atoms in total. The molecule has 89 heavy (non-hydrogen) atoms. The summed E-state index contributed by atoms with van der Waals surface area (Å²) in [4.78, 5) is 0. The Bertz CT molecular complexity index is 1430. The zero-order valence-corrected chi connectivity index (χ0v) is 71.4. The molecule has 0 saturated carbocycles. The van der Waals surface area contributed by atoms with Crippen LogP contribution in [0.5, 0.6) is 0 Å². The van der Waals surface area contributed by atoms with Gasteiger partial charge >= 0.3 is 0 Å². The maximum Gasteiger partial charge on any atom is -0.0298 e. The first-order chi connectivity index (χ1) is 40.7. The Hall–Kier alpha value is 0. The van der Waals surface area contributed by atoms with E-state index in [1.807, 2.05) is 0 Å². The van der Waals surface area contributed by atoms with Crippen LogP contribution in [0.2, 0.25) is 0 Å². The van der Waals surface area contributed by atoms with Gasteiger partial charge in [-0.15, -0.1) is 0 Å². The average Bonchev–Trinajstić information content (AvgIpc) is 2.92. The van der Waals surface area contributed by atoms with E-state index in [2.05, 4.69) is 277 Å².